The van der Waals surface area contributed by atoms with Gasteiger partial charge in [0.05, 0.1) is 0 Å². The molecule has 0 amide bonds. The van der Waals surface area contributed by atoms with Crippen molar-refractivity contribution in [2.75, 3.05) is 9.80 Å². The first-order valence-corrected chi connectivity index (χ1v) is 25.6. The number of hydrogen-bond acceptors (Lipinski definition) is 2. The summed E-state index contributed by atoms with van der Waals surface area (Å²) >= 11 is 0. The van der Waals surface area contributed by atoms with Gasteiger partial charge in [-0.3, -0.25) is 0 Å². The zero-order chi connectivity index (χ0) is 50.9. The molecule has 72 heavy (non-hydrogen) atoms. The Kier molecular flexibility index (Phi) is 21.3. The third kappa shape index (κ3) is 16.3. The van der Waals surface area contributed by atoms with Crippen molar-refractivity contribution in [2.24, 2.45) is 0 Å². The Bertz CT molecular complexity index is 2900. The average molecular weight is 943 g/mol. The van der Waals surface area contributed by atoms with E-state index in [1.807, 2.05) is 36.4 Å². The lowest BCUT2D eigenvalue weighted by atomic mass is 9.99. The summed E-state index contributed by atoms with van der Waals surface area (Å²) in [7, 11) is 0. The Labute approximate surface area is 433 Å². The van der Waals surface area contributed by atoms with Crippen LogP contribution in [-0.2, 0) is 12.8 Å². The van der Waals surface area contributed by atoms with Crippen LogP contribution < -0.4 is 9.80 Å². The molecule has 0 unspecified atom stereocenters. The molecule has 0 saturated carbocycles. The molecule has 0 aromatic heterocycles. The molecule has 4 aromatic rings. The van der Waals surface area contributed by atoms with E-state index in [9.17, 15) is 0 Å². The van der Waals surface area contributed by atoms with E-state index in [1.165, 1.54) is 27.8 Å². The first-order chi connectivity index (χ1) is 35.2. The number of rotatable bonds is 24. The minimum Gasteiger partial charge on any atom is -0.315 e. The first-order valence-electron chi connectivity index (χ1n) is 25.6. The topological polar surface area (TPSA) is 6.48 Å². The highest BCUT2D eigenvalue weighted by Crippen LogP contribution is 2.30. The molecular weight excluding hydrogens is 869 g/mol. The van der Waals surface area contributed by atoms with Crippen molar-refractivity contribution in [1.82, 2.24) is 0 Å². The van der Waals surface area contributed by atoms with E-state index in [2.05, 4.69) is 258 Å². The van der Waals surface area contributed by atoms with Gasteiger partial charge in [0.15, 0.2) is 0 Å². The van der Waals surface area contributed by atoms with Crippen LogP contribution in [0.25, 0.3) is 6.08 Å². The van der Waals surface area contributed by atoms with Crippen LogP contribution in [0.2, 0.25) is 0 Å². The molecule has 4 aromatic carbocycles. The van der Waals surface area contributed by atoms with Gasteiger partial charge in [-0.15, -0.1) is 0 Å². The van der Waals surface area contributed by atoms with Gasteiger partial charge in [-0.1, -0.05) is 209 Å². The predicted octanol–water partition coefficient (Wildman–Crippen LogP) is 19.2. The molecule has 0 N–H and O–H groups in total. The summed E-state index contributed by atoms with van der Waals surface area (Å²) in [4.78, 5) is 4.49. The summed E-state index contributed by atoms with van der Waals surface area (Å²) < 4.78 is 0. The summed E-state index contributed by atoms with van der Waals surface area (Å²) in [5, 5.41) is 0. The lowest BCUT2D eigenvalue weighted by molar-refractivity contribution is 0.993. The maximum atomic E-state index is 4.57. The van der Waals surface area contributed by atoms with Gasteiger partial charge in [-0.05, 0) is 182 Å². The second-order valence-corrected chi connectivity index (χ2v) is 18.1. The SMILES string of the molecule is C=CC(=C\C=C(/C)N(C(/C=C\CC1=CCCC=C1)=C/C)c1ccc(CC2=CCCC=C2)cc1)/C(C)=C/C=C(\CC)C(=C)/C=C\C(=C)N(/C(C=C)=C/C=C/c1ccccc1)c1ccc(Cc2ccccc2)cc1. The lowest BCUT2D eigenvalue weighted by Gasteiger charge is -2.27. The highest BCUT2D eigenvalue weighted by atomic mass is 15.2. The zero-order valence-corrected chi connectivity index (χ0v) is 43.3. The Morgan fingerprint density at radius 2 is 1.19 bits per heavy atom. The molecule has 0 heterocycles. The van der Waals surface area contributed by atoms with Crippen LogP contribution in [0.15, 0.2) is 307 Å². The monoisotopic (exact) mass is 943 g/mol. The molecule has 6 rings (SSSR count). The van der Waals surface area contributed by atoms with Crippen molar-refractivity contribution in [3.63, 3.8) is 0 Å². The Hall–Kier alpha value is -7.94. The van der Waals surface area contributed by atoms with Gasteiger partial charge in [-0.25, -0.2) is 0 Å². The van der Waals surface area contributed by atoms with Gasteiger partial charge < -0.3 is 9.80 Å². The number of benzene rings is 4. The number of hydrogen-bond donors (Lipinski definition) is 0. The zero-order valence-electron chi connectivity index (χ0n) is 43.3. The van der Waals surface area contributed by atoms with E-state index in [0.717, 1.165) is 113 Å². The molecule has 0 atom stereocenters. The number of allylic oxidation sites excluding steroid dienone is 26. The normalized spacial score (nSPS) is 15.0. The summed E-state index contributed by atoms with van der Waals surface area (Å²) in [5.41, 5.74) is 18.0. The van der Waals surface area contributed by atoms with Crippen LogP contribution in [0.3, 0.4) is 0 Å². The first kappa shape index (κ1) is 53.4. The van der Waals surface area contributed by atoms with Crippen LogP contribution in [0.5, 0.6) is 0 Å². The van der Waals surface area contributed by atoms with Crippen molar-refractivity contribution in [2.45, 2.75) is 79.1 Å². The van der Waals surface area contributed by atoms with Gasteiger partial charge in [0.1, 0.15) is 0 Å². The minimum absolute atomic E-state index is 0.794. The molecule has 0 radical (unpaired) electrons. The van der Waals surface area contributed by atoms with E-state index in [4.69, 9.17) is 0 Å². The third-order valence-electron chi connectivity index (χ3n) is 12.8. The molecule has 0 saturated heterocycles. The van der Waals surface area contributed by atoms with Gasteiger partial charge in [0.2, 0.25) is 0 Å². The van der Waals surface area contributed by atoms with Gasteiger partial charge >= 0.3 is 0 Å². The fourth-order valence-electron chi connectivity index (χ4n) is 8.72. The summed E-state index contributed by atoms with van der Waals surface area (Å²) in [5.74, 6) is 0. The highest BCUT2D eigenvalue weighted by molar-refractivity contribution is 5.65. The van der Waals surface area contributed by atoms with Gasteiger partial charge in [-0.2, -0.15) is 0 Å². The van der Waals surface area contributed by atoms with Crippen molar-refractivity contribution >= 4 is 17.5 Å². The van der Waals surface area contributed by atoms with Crippen LogP contribution in [-0.4, -0.2) is 0 Å². The van der Waals surface area contributed by atoms with Crippen LogP contribution in [0, 0.1) is 0 Å². The van der Waals surface area contributed by atoms with Gasteiger partial charge in [0, 0.05) is 34.2 Å². The maximum absolute atomic E-state index is 4.57. The lowest BCUT2D eigenvalue weighted by Crippen LogP contribution is -2.19. The molecule has 364 valence electrons. The summed E-state index contributed by atoms with van der Waals surface area (Å²) in [6.07, 6.45) is 51.4. The molecule has 2 nitrogen and oxygen atoms in total. The summed E-state index contributed by atoms with van der Waals surface area (Å²) in [6.45, 7) is 26.2. The molecule has 0 fully saturated rings. The fraction of sp³-hybridized carbons (Fsp3) is 0.171. The second-order valence-electron chi connectivity index (χ2n) is 18.1. The van der Waals surface area contributed by atoms with Gasteiger partial charge in [0.25, 0.3) is 0 Å². The largest absolute Gasteiger partial charge is 0.315 e. The van der Waals surface area contributed by atoms with Crippen molar-refractivity contribution < 1.29 is 0 Å². The Morgan fingerprint density at radius 1 is 0.583 bits per heavy atom. The standard InChI is InChI=1S/C70H74N2/c1-9-65(55(5)39-41-57(7)71(67(11-3)37-25-35-59-27-17-13-18-28-59)69-49-43-63(44-50-69)53-61-31-21-15-22-32-61)47-40-56(6)66(10-2)48-42-58(8)72(68(12-4)38-26-36-60-29-19-14-20-30-60)70-51-45-64(46-52-70)54-62-33-23-16-24-34-62/h10-13,15,17-19,21-23,25-35,37-52H,2-3,5,7,9,14,16,20,24,36,53-54H2,1,4,6,8H3/b35-25+,38-26-,41-39-,56-40+,58-42+,65-47+,66-48+,67-37+,68-12+. The molecular formula is C70H74N2. The molecule has 2 aliphatic carbocycles. The molecule has 0 aliphatic heterocycles. The van der Waals surface area contributed by atoms with E-state index in [0.29, 0.717) is 0 Å². The molecule has 2 aliphatic rings. The second kappa shape index (κ2) is 28.7. The van der Waals surface area contributed by atoms with E-state index in [-0.39, 0.29) is 0 Å². The average Bonchev–Trinajstić information content (AvgIpc) is 3.42. The number of nitrogens with zero attached hydrogens (tertiary/aromatic N) is 2. The van der Waals surface area contributed by atoms with Crippen LogP contribution >= 0.6 is 0 Å². The minimum atomic E-state index is 0.794. The van der Waals surface area contributed by atoms with Crippen molar-refractivity contribution in [1.29, 1.82) is 0 Å². The van der Waals surface area contributed by atoms with E-state index in [1.54, 1.807) is 0 Å². The summed E-state index contributed by atoms with van der Waals surface area (Å²) in [6, 6.07) is 38.6. The highest BCUT2D eigenvalue weighted by Gasteiger charge is 2.15. The fourth-order valence-corrected chi connectivity index (χ4v) is 8.72. The van der Waals surface area contributed by atoms with Crippen LogP contribution in [0.1, 0.15) is 88.5 Å². The molecule has 0 spiro atoms. The smallest absolute Gasteiger partial charge is 0.0461 e. The Balaban J connectivity index is 1.22. The Morgan fingerprint density at radius 3 is 1.79 bits per heavy atom. The third-order valence-corrected chi connectivity index (χ3v) is 12.8. The number of anilines is 2. The van der Waals surface area contributed by atoms with Crippen molar-refractivity contribution in [3.8, 4) is 0 Å². The van der Waals surface area contributed by atoms with E-state index >= 15 is 0 Å². The van der Waals surface area contributed by atoms with Crippen molar-refractivity contribution in [3.05, 3.63) is 329 Å². The maximum Gasteiger partial charge on any atom is 0.0461 e. The quantitative estimate of drug-likeness (QED) is 0.0646. The molecule has 2 heteroatoms. The van der Waals surface area contributed by atoms with Crippen LogP contribution in [0.4, 0.5) is 11.4 Å². The molecule has 0 bridgehead atoms. The van der Waals surface area contributed by atoms with E-state index < -0.39 is 0 Å². The predicted molar refractivity (Wildman–Crippen MR) is 317 cm³/mol.